The van der Waals surface area contributed by atoms with Crippen LogP contribution in [0.25, 0.3) is 0 Å². The zero-order chi connectivity index (χ0) is 22.1. The summed E-state index contributed by atoms with van der Waals surface area (Å²) < 4.78 is 27.8. The minimum absolute atomic E-state index is 0.0497. The van der Waals surface area contributed by atoms with Gasteiger partial charge in [-0.1, -0.05) is 35.3 Å². The van der Waals surface area contributed by atoms with Gasteiger partial charge in [-0.2, -0.15) is 4.72 Å². The first-order valence-electron chi connectivity index (χ1n) is 9.67. The third-order valence-electron chi connectivity index (χ3n) is 5.39. The van der Waals surface area contributed by atoms with Gasteiger partial charge in [0.2, 0.25) is 15.9 Å². The van der Waals surface area contributed by atoms with E-state index in [1.807, 2.05) is 6.07 Å². The molecule has 1 saturated heterocycles. The molecule has 0 aliphatic carbocycles. The summed E-state index contributed by atoms with van der Waals surface area (Å²) in [6.45, 7) is 8.14. The fourth-order valence-corrected chi connectivity index (χ4v) is 5.51. The van der Waals surface area contributed by atoms with Crippen molar-refractivity contribution in [3.05, 3.63) is 57.6 Å². The van der Waals surface area contributed by atoms with Crippen molar-refractivity contribution in [2.24, 2.45) is 0 Å². The Labute approximate surface area is 187 Å². The third kappa shape index (κ3) is 4.91. The maximum absolute atomic E-state index is 12.8. The van der Waals surface area contributed by atoms with Gasteiger partial charge in [-0.05, 0) is 56.2 Å². The second-order valence-electron chi connectivity index (χ2n) is 7.45. The molecule has 9 heteroatoms. The van der Waals surface area contributed by atoms with Crippen LogP contribution in [0.3, 0.4) is 0 Å². The number of aryl methyl sites for hydroxylation is 1. The molecule has 1 aliphatic rings. The smallest absolute Gasteiger partial charge is 0.242 e. The fourth-order valence-electron chi connectivity index (χ4n) is 3.55. The highest BCUT2D eigenvalue weighted by Crippen LogP contribution is 2.26. The summed E-state index contributed by atoms with van der Waals surface area (Å²) in [5.74, 6) is -0.266. The first kappa shape index (κ1) is 22.9. The van der Waals surface area contributed by atoms with E-state index in [0.29, 0.717) is 26.2 Å². The maximum atomic E-state index is 12.8. The Morgan fingerprint density at radius 3 is 2.40 bits per heavy atom. The van der Waals surface area contributed by atoms with Crippen LogP contribution < -0.4 is 9.62 Å². The van der Waals surface area contributed by atoms with Gasteiger partial charge in [-0.3, -0.25) is 4.79 Å². The Balaban J connectivity index is 1.65. The van der Waals surface area contributed by atoms with Crippen molar-refractivity contribution < 1.29 is 13.2 Å². The van der Waals surface area contributed by atoms with Crippen LogP contribution in [0.15, 0.2) is 41.3 Å². The molecule has 0 spiro atoms. The Hall–Kier alpha value is -1.80. The van der Waals surface area contributed by atoms with Crippen molar-refractivity contribution in [1.82, 2.24) is 9.62 Å². The first-order chi connectivity index (χ1) is 14.1. The number of halogens is 2. The van der Waals surface area contributed by atoms with Crippen LogP contribution >= 0.6 is 23.2 Å². The molecule has 30 heavy (non-hydrogen) atoms. The summed E-state index contributed by atoms with van der Waals surface area (Å²) >= 11 is 11.9. The van der Waals surface area contributed by atoms with Gasteiger partial charge in [0, 0.05) is 36.9 Å². The number of carbonyl (C=O) groups is 1. The molecular formula is C21H25Cl2N3O3S. The predicted molar refractivity (Wildman–Crippen MR) is 121 cm³/mol. The SMILES string of the molecule is Cc1cccc(N2CCN(C(=O)[C@H](C)NS(=O)(=O)c3cc(Cl)ccc3Cl)CC2)c1C. The van der Waals surface area contributed by atoms with Crippen LogP contribution in [0.4, 0.5) is 5.69 Å². The number of carbonyl (C=O) groups excluding carboxylic acids is 1. The summed E-state index contributed by atoms with van der Waals surface area (Å²) in [6, 6.07) is 9.48. The zero-order valence-corrected chi connectivity index (χ0v) is 19.5. The van der Waals surface area contributed by atoms with Crippen molar-refractivity contribution in [3.63, 3.8) is 0 Å². The Morgan fingerprint density at radius 1 is 1.07 bits per heavy atom. The minimum atomic E-state index is -3.98. The number of sulfonamides is 1. The second-order valence-corrected chi connectivity index (χ2v) is 9.98. The topological polar surface area (TPSA) is 69.7 Å². The summed E-state index contributed by atoms with van der Waals surface area (Å²) in [5, 5.41) is 0.301. The zero-order valence-electron chi connectivity index (χ0n) is 17.2. The molecule has 1 N–H and O–H groups in total. The molecule has 0 saturated carbocycles. The van der Waals surface area contributed by atoms with Crippen molar-refractivity contribution in [2.75, 3.05) is 31.1 Å². The first-order valence-corrected chi connectivity index (χ1v) is 11.9. The molecular weight excluding hydrogens is 445 g/mol. The van der Waals surface area contributed by atoms with Crippen molar-refractivity contribution in [3.8, 4) is 0 Å². The summed E-state index contributed by atoms with van der Waals surface area (Å²) in [7, 11) is -3.98. The standard InChI is InChI=1S/C21H25Cl2N3O3S/c1-14-5-4-6-19(15(14)2)25-9-11-26(12-10-25)21(27)16(3)24-30(28,29)20-13-17(22)7-8-18(20)23/h4-8,13,16,24H,9-12H2,1-3H3/t16-/m0/s1. The number of hydrogen-bond donors (Lipinski definition) is 1. The average molecular weight is 470 g/mol. The number of rotatable bonds is 5. The van der Waals surface area contributed by atoms with Gasteiger partial charge in [0.05, 0.1) is 11.1 Å². The van der Waals surface area contributed by atoms with Gasteiger partial charge in [-0.25, -0.2) is 8.42 Å². The molecule has 1 atom stereocenters. The van der Waals surface area contributed by atoms with Gasteiger partial charge in [-0.15, -0.1) is 0 Å². The lowest BCUT2D eigenvalue weighted by Gasteiger charge is -2.38. The number of nitrogens with zero attached hydrogens (tertiary/aromatic N) is 2. The minimum Gasteiger partial charge on any atom is -0.368 e. The second kappa shape index (κ2) is 9.14. The van der Waals surface area contributed by atoms with Gasteiger partial charge in [0.1, 0.15) is 4.90 Å². The summed E-state index contributed by atoms with van der Waals surface area (Å²) in [5.41, 5.74) is 3.64. The lowest BCUT2D eigenvalue weighted by molar-refractivity contribution is -0.132. The number of benzene rings is 2. The molecule has 0 unspecified atom stereocenters. The monoisotopic (exact) mass is 469 g/mol. The van der Waals surface area contributed by atoms with Crippen LogP contribution in [-0.2, 0) is 14.8 Å². The van der Waals surface area contributed by atoms with Crippen molar-refractivity contribution in [2.45, 2.75) is 31.7 Å². The summed E-state index contributed by atoms with van der Waals surface area (Å²) in [6.07, 6.45) is 0. The molecule has 162 valence electrons. The van der Waals surface area contributed by atoms with Crippen LogP contribution in [0.5, 0.6) is 0 Å². The average Bonchev–Trinajstić information content (AvgIpc) is 2.71. The van der Waals surface area contributed by atoms with Gasteiger partial charge >= 0.3 is 0 Å². The predicted octanol–water partition coefficient (Wildman–Crippen LogP) is 3.63. The molecule has 1 aliphatic heterocycles. The van der Waals surface area contributed by atoms with Crippen LogP contribution in [0.1, 0.15) is 18.1 Å². The van der Waals surface area contributed by atoms with E-state index < -0.39 is 16.1 Å². The molecule has 3 rings (SSSR count). The van der Waals surface area contributed by atoms with Gasteiger partial charge < -0.3 is 9.80 Å². The van der Waals surface area contributed by atoms with E-state index in [2.05, 4.69) is 35.6 Å². The van der Waals surface area contributed by atoms with E-state index >= 15 is 0 Å². The largest absolute Gasteiger partial charge is 0.368 e. The number of anilines is 1. The summed E-state index contributed by atoms with van der Waals surface area (Å²) in [4.78, 5) is 16.6. The van der Waals surface area contributed by atoms with E-state index in [4.69, 9.17) is 23.2 Å². The number of nitrogens with one attached hydrogen (secondary N) is 1. The number of hydrogen-bond acceptors (Lipinski definition) is 4. The third-order valence-corrected chi connectivity index (χ3v) is 7.65. The molecule has 2 aromatic rings. The van der Waals surface area contributed by atoms with Crippen LogP contribution in [-0.4, -0.2) is 51.4 Å². The van der Waals surface area contributed by atoms with E-state index in [0.717, 1.165) is 0 Å². The highest BCUT2D eigenvalue weighted by molar-refractivity contribution is 7.89. The molecule has 0 bridgehead atoms. The molecule has 0 radical (unpaired) electrons. The fraction of sp³-hybridized carbons (Fsp3) is 0.381. The molecule has 6 nitrogen and oxygen atoms in total. The van der Waals surface area contributed by atoms with E-state index in [1.165, 1.54) is 41.9 Å². The molecule has 1 fully saturated rings. The van der Waals surface area contributed by atoms with Gasteiger partial charge in [0.25, 0.3) is 0 Å². The van der Waals surface area contributed by atoms with Crippen LogP contribution in [0.2, 0.25) is 10.0 Å². The molecule has 2 aromatic carbocycles. The molecule has 1 heterocycles. The number of amides is 1. The van der Waals surface area contributed by atoms with E-state index in [1.54, 1.807) is 4.90 Å². The maximum Gasteiger partial charge on any atom is 0.242 e. The molecule has 1 amide bonds. The van der Waals surface area contributed by atoms with Gasteiger partial charge in [0.15, 0.2) is 0 Å². The Kier molecular flexibility index (Phi) is 6.97. The lowest BCUT2D eigenvalue weighted by atomic mass is 10.1. The Bertz CT molecular complexity index is 1050. The van der Waals surface area contributed by atoms with Crippen LogP contribution in [0, 0.1) is 13.8 Å². The Morgan fingerprint density at radius 2 is 1.73 bits per heavy atom. The van der Waals surface area contributed by atoms with E-state index in [-0.39, 0.29) is 20.8 Å². The van der Waals surface area contributed by atoms with E-state index in [9.17, 15) is 13.2 Å². The normalized spacial score (nSPS) is 15.9. The highest BCUT2D eigenvalue weighted by Gasteiger charge is 2.29. The number of piperazine rings is 1. The van der Waals surface area contributed by atoms with Crippen molar-refractivity contribution in [1.29, 1.82) is 0 Å². The highest BCUT2D eigenvalue weighted by atomic mass is 35.5. The van der Waals surface area contributed by atoms with Crippen molar-refractivity contribution >= 4 is 44.8 Å². The quantitative estimate of drug-likeness (QED) is 0.725. The lowest BCUT2D eigenvalue weighted by Crippen LogP contribution is -2.54. The molecule has 0 aromatic heterocycles.